The molecule has 0 unspecified atom stereocenters. The van der Waals surface area contributed by atoms with Crippen LogP contribution in [0.4, 0.5) is 11.4 Å². The minimum Gasteiger partial charge on any atom is -0.462 e. The van der Waals surface area contributed by atoms with Crippen LogP contribution in [0.5, 0.6) is 0 Å². The third kappa shape index (κ3) is 6.70. The zero-order chi connectivity index (χ0) is 26.4. The Kier molecular flexibility index (Phi) is 8.87. The maximum absolute atomic E-state index is 13.3. The molecule has 1 aliphatic carbocycles. The van der Waals surface area contributed by atoms with Crippen molar-refractivity contribution in [1.82, 2.24) is 4.31 Å². The molecular formula is C28H37N3O5S. The lowest BCUT2D eigenvalue weighted by molar-refractivity contribution is -0.120. The van der Waals surface area contributed by atoms with E-state index in [2.05, 4.69) is 10.6 Å². The zero-order valence-corrected chi connectivity index (χ0v) is 22.5. The Balaban J connectivity index is 1.44. The smallest absolute Gasteiger partial charge is 0.338 e. The molecule has 37 heavy (non-hydrogen) atoms. The molecule has 2 N–H and O–H groups in total. The molecule has 8 nitrogen and oxygen atoms in total. The third-order valence-electron chi connectivity index (χ3n) is 7.24. The van der Waals surface area contributed by atoms with Crippen LogP contribution in [0.2, 0.25) is 0 Å². The van der Waals surface area contributed by atoms with Gasteiger partial charge in [0, 0.05) is 25.0 Å². The summed E-state index contributed by atoms with van der Waals surface area (Å²) in [6.07, 6.45) is 6.58. The number of carbonyl (C=O) groups excluding carboxylic acids is 2. The topological polar surface area (TPSA) is 105 Å². The Morgan fingerprint density at radius 3 is 2.27 bits per heavy atom. The van der Waals surface area contributed by atoms with Crippen molar-refractivity contribution < 1.29 is 22.7 Å². The summed E-state index contributed by atoms with van der Waals surface area (Å²) < 4.78 is 32.7. The molecular weight excluding hydrogens is 490 g/mol. The van der Waals surface area contributed by atoms with Gasteiger partial charge in [0.2, 0.25) is 15.9 Å². The minimum absolute atomic E-state index is 0.167. The Morgan fingerprint density at radius 2 is 1.62 bits per heavy atom. The van der Waals surface area contributed by atoms with Gasteiger partial charge < -0.3 is 15.4 Å². The Labute approximate surface area is 219 Å². The second-order valence-electron chi connectivity index (χ2n) is 9.94. The van der Waals surface area contributed by atoms with Crippen LogP contribution >= 0.6 is 0 Å². The summed E-state index contributed by atoms with van der Waals surface area (Å²) in [4.78, 5) is 25.9. The van der Waals surface area contributed by atoms with Crippen LogP contribution in [0.15, 0.2) is 47.4 Å². The number of piperidine rings is 1. The number of benzene rings is 2. The highest BCUT2D eigenvalue weighted by atomic mass is 32.2. The number of aryl methyl sites for hydroxylation is 1. The predicted octanol–water partition coefficient (Wildman–Crippen LogP) is 4.96. The highest BCUT2D eigenvalue weighted by Gasteiger charge is 2.32. The van der Waals surface area contributed by atoms with E-state index < -0.39 is 16.0 Å². The maximum Gasteiger partial charge on any atom is 0.338 e. The number of esters is 1. The van der Waals surface area contributed by atoms with Gasteiger partial charge in [-0.05, 0) is 69.9 Å². The van der Waals surface area contributed by atoms with E-state index in [1.165, 1.54) is 23.6 Å². The van der Waals surface area contributed by atoms with Crippen LogP contribution < -0.4 is 10.6 Å². The predicted molar refractivity (Wildman–Crippen MR) is 144 cm³/mol. The quantitative estimate of drug-likeness (QED) is 0.471. The van der Waals surface area contributed by atoms with Crippen LogP contribution in [0.3, 0.4) is 0 Å². The number of hydrogen-bond donors (Lipinski definition) is 2. The summed E-state index contributed by atoms with van der Waals surface area (Å²) in [7, 11) is -3.59. The van der Waals surface area contributed by atoms with Gasteiger partial charge in [0.05, 0.1) is 28.4 Å². The number of hydrogen-bond acceptors (Lipinski definition) is 6. The number of anilines is 2. The average Bonchev–Trinajstić information content (AvgIpc) is 2.90. The zero-order valence-electron chi connectivity index (χ0n) is 21.7. The standard InChI is InChI=1S/C28H37N3O5S/c1-3-36-28(33)22-11-14-25(29-23-7-5-4-6-8-23)26(19-22)30-27(32)21-15-17-31(18-16-21)37(34,35)24-12-9-20(2)10-13-24/h9-14,19,21,23,29H,3-8,15-18H2,1-2H3,(H,30,32). The van der Waals surface area contributed by atoms with E-state index >= 15 is 0 Å². The Morgan fingerprint density at radius 1 is 0.946 bits per heavy atom. The van der Waals surface area contributed by atoms with E-state index in [1.807, 2.05) is 13.0 Å². The first-order valence-corrected chi connectivity index (χ1v) is 14.7. The monoisotopic (exact) mass is 527 g/mol. The van der Waals surface area contributed by atoms with Gasteiger partial charge in [-0.2, -0.15) is 4.31 Å². The SMILES string of the molecule is CCOC(=O)c1ccc(NC2CCCCC2)c(NC(=O)C2CCN(S(=O)(=O)c3ccc(C)cc3)CC2)c1. The van der Waals surface area contributed by atoms with Gasteiger partial charge in [-0.3, -0.25) is 4.79 Å². The number of sulfonamides is 1. The molecule has 1 heterocycles. The van der Waals surface area contributed by atoms with Gasteiger partial charge in [0.15, 0.2) is 0 Å². The molecule has 2 aliphatic rings. The molecule has 2 fully saturated rings. The van der Waals surface area contributed by atoms with Crippen molar-refractivity contribution in [1.29, 1.82) is 0 Å². The summed E-state index contributed by atoms with van der Waals surface area (Å²) in [6.45, 7) is 4.51. The number of carbonyl (C=O) groups is 2. The number of nitrogens with zero attached hydrogens (tertiary/aromatic N) is 1. The molecule has 1 saturated heterocycles. The van der Waals surface area contributed by atoms with Crippen molar-refractivity contribution in [2.75, 3.05) is 30.3 Å². The van der Waals surface area contributed by atoms with E-state index in [0.29, 0.717) is 30.1 Å². The van der Waals surface area contributed by atoms with E-state index in [9.17, 15) is 18.0 Å². The van der Waals surface area contributed by atoms with Crippen molar-refractivity contribution in [3.63, 3.8) is 0 Å². The van der Waals surface area contributed by atoms with Gasteiger partial charge in [0.25, 0.3) is 0 Å². The molecule has 4 rings (SSSR count). The summed E-state index contributed by atoms with van der Waals surface area (Å²) >= 11 is 0. The first kappa shape index (κ1) is 27.1. The number of rotatable bonds is 8. The fourth-order valence-corrected chi connectivity index (χ4v) is 6.50. The van der Waals surface area contributed by atoms with E-state index in [0.717, 1.165) is 24.1 Å². The summed E-state index contributed by atoms with van der Waals surface area (Å²) in [5.74, 6) is -0.921. The molecule has 1 aliphatic heterocycles. The first-order chi connectivity index (χ1) is 17.8. The van der Waals surface area contributed by atoms with Crippen molar-refractivity contribution in [3.05, 3.63) is 53.6 Å². The molecule has 0 radical (unpaired) electrons. The van der Waals surface area contributed by atoms with Crippen molar-refractivity contribution in [2.24, 2.45) is 5.92 Å². The summed E-state index contributed by atoms with van der Waals surface area (Å²) in [5, 5.41) is 6.57. The summed E-state index contributed by atoms with van der Waals surface area (Å²) in [6, 6.07) is 12.4. The first-order valence-electron chi connectivity index (χ1n) is 13.2. The molecule has 1 saturated carbocycles. The number of amides is 1. The summed E-state index contributed by atoms with van der Waals surface area (Å²) in [5.41, 5.74) is 2.72. The van der Waals surface area contributed by atoms with Crippen molar-refractivity contribution in [3.8, 4) is 0 Å². The number of ether oxygens (including phenoxy) is 1. The van der Waals surface area contributed by atoms with Crippen LogP contribution in [-0.4, -0.2) is 50.3 Å². The van der Waals surface area contributed by atoms with Crippen molar-refractivity contribution in [2.45, 2.75) is 69.7 Å². The largest absolute Gasteiger partial charge is 0.462 e. The fraction of sp³-hybridized carbons (Fsp3) is 0.500. The van der Waals surface area contributed by atoms with Crippen LogP contribution in [-0.2, 0) is 19.6 Å². The van der Waals surface area contributed by atoms with Crippen LogP contribution in [0.1, 0.15) is 67.8 Å². The second kappa shape index (κ2) is 12.1. The fourth-order valence-electron chi connectivity index (χ4n) is 5.03. The normalized spacial score (nSPS) is 17.8. The Bertz CT molecular complexity index is 1200. The van der Waals surface area contributed by atoms with Gasteiger partial charge in [-0.25, -0.2) is 13.2 Å². The second-order valence-corrected chi connectivity index (χ2v) is 11.9. The van der Waals surface area contributed by atoms with E-state index in [-0.39, 0.29) is 36.4 Å². The van der Waals surface area contributed by atoms with Gasteiger partial charge >= 0.3 is 5.97 Å². The highest BCUT2D eigenvalue weighted by molar-refractivity contribution is 7.89. The average molecular weight is 528 g/mol. The van der Waals surface area contributed by atoms with Gasteiger partial charge in [-0.15, -0.1) is 0 Å². The van der Waals surface area contributed by atoms with Crippen molar-refractivity contribution >= 4 is 33.3 Å². The minimum atomic E-state index is -3.59. The van der Waals surface area contributed by atoms with Gasteiger partial charge in [-0.1, -0.05) is 37.0 Å². The Hall–Kier alpha value is -2.91. The molecule has 0 spiro atoms. The molecule has 0 aromatic heterocycles. The third-order valence-corrected chi connectivity index (χ3v) is 9.15. The molecule has 0 bridgehead atoms. The molecule has 200 valence electrons. The molecule has 9 heteroatoms. The molecule has 2 aromatic carbocycles. The lowest BCUT2D eigenvalue weighted by atomic mass is 9.95. The molecule has 2 aromatic rings. The lowest BCUT2D eigenvalue weighted by Gasteiger charge is -2.31. The van der Waals surface area contributed by atoms with Gasteiger partial charge in [0.1, 0.15) is 0 Å². The molecule has 0 atom stereocenters. The van der Waals surface area contributed by atoms with E-state index in [1.54, 1.807) is 43.3 Å². The highest BCUT2D eigenvalue weighted by Crippen LogP contribution is 2.30. The van der Waals surface area contributed by atoms with Crippen LogP contribution in [0, 0.1) is 12.8 Å². The lowest BCUT2D eigenvalue weighted by Crippen LogP contribution is -2.41. The molecule has 1 amide bonds. The maximum atomic E-state index is 13.3. The number of nitrogens with one attached hydrogen (secondary N) is 2. The van der Waals surface area contributed by atoms with E-state index in [4.69, 9.17) is 4.74 Å². The van der Waals surface area contributed by atoms with Crippen LogP contribution in [0.25, 0.3) is 0 Å².